The predicted octanol–water partition coefficient (Wildman–Crippen LogP) is 2.37. The molecule has 0 radical (unpaired) electrons. The van der Waals surface area contributed by atoms with Crippen LogP contribution in [0.25, 0.3) is 10.9 Å². The Hall–Kier alpha value is -1.35. The van der Waals surface area contributed by atoms with Gasteiger partial charge in [-0.1, -0.05) is 18.2 Å². The van der Waals surface area contributed by atoms with Gasteiger partial charge in [0.05, 0.1) is 17.3 Å². The summed E-state index contributed by atoms with van der Waals surface area (Å²) < 4.78 is 2.02. The van der Waals surface area contributed by atoms with Crippen molar-refractivity contribution in [2.24, 2.45) is 5.92 Å². The van der Waals surface area contributed by atoms with Crippen molar-refractivity contribution >= 4 is 10.9 Å². The van der Waals surface area contributed by atoms with Crippen LogP contribution in [0.5, 0.6) is 0 Å². The van der Waals surface area contributed by atoms with E-state index in [1.54, 1.807) is 0 Å². The van der Waals surface area contributed by atoms with Gasteiger partial charge >= 0.3 is 0 Å². The largest absolute Gasteiger partial charge is 0.392 e. The normalized spacial score (nSPS) is 17.5. The monoisotopic (exact) mass is 230 g/mol. The Morgan fingerprint density at radius 1 is 1.41 bits per heavy atom. The van der Waals surface area contributed by atoms with Crippen molar-refractivity contribution in [2.45, 2.75) is 38.8 Å². The zero-order valence-corrected chi connectivity index (χ0v) is 10.1. The number of fused-ring (bicyclic) bond motifs is 1. The molecule has 0 aliphatic heterocycles. The van der Waals surface area contributed by atoms with Gasteiger partial charge in [0, 0.05) is 18.4 Å². The number of aliphatic hydroxyl groups is 1. The van der Waals surface area contributed by atoms with E-state index in [2.05, 4.69) is 24.2 Å². The predicted molar refractivity (Wildman–Crippen MR) is 67.8 cm³/mol. The maximum absolute atomic E-state index is 10.0. The highest BCUT2D eigenvalue weighted by atomic mass is 16.3. The molecule has 3 rings (SSSR count). The number of benzene rings is 1. The fraction of sp³-hybridized carbons (Fsp3) is 0.500. The van der Waals surface area contributed by atoms with Crippen molar-refractivity contribution in [2.75, 3.05) is 0 Å². The molecule has 1 aromatic carbocycles. The SMILES string of the molecule is CCn1nc(CC(O)C2CC2)c2ccccc21. The first-order valence-electron chi connectivity index (χ1n) is 6.42. The average molecular weight is 230 g/mol. The van der Waals surface area contributed by atoms with Crippen LogP contribution < -0.4 is 0 Å². The number of nitrogens with zero attached hydrogens (tertiary/aromatic N) is 2. The van der Waals surface area contributed by atoms with Gasteiger partial charge in [-0.3, -0.25) is 4.68 Å². The van der Waals surface area contributed by atoms with Crippen LogP contribution in [0.4, 0.5) is 0 Å². The Kier molecular flexibility index (Phi) is 2.63. The van der Waals surface area contributed by atoms with Crippen molar-refractivity contribution in [3.63, 3.8) is 0 Å². The molecule has 0 saturated heterocycles. The van der Waals surface area contributed by atoms with Gasteiger partial charge in [-0.05, 0) is 31.7 Å². The summed E-state index contributed by atoms with van der Waals surface area (Å²) in [7, 11) is 0. The van der Waals surface area contributed by atoms with Gasteiger partial charge < -0.3 is 5.11 Å². The maximum Gasteiger partial charge on any atom is 0.0729 e. The molecule has 1 fully saturated rings. The number of rotatable bonds is 4. The lowest BCUT2D eigenvalue weighted by Gasteiger charge is -2.06. The molecule has 1 heterocycles. The van der Waals surface area contributed by atoms with Crippen LogP contribution in [0, 0.1) is 5.92 Å². The molecular formula is C14H18N2O. The molecule has 0 amide bonds. The molecule has 2 aromatic rings. The Morgan fingerprint density at radius 3 is 2.88 bits per heavy atom. The Balaban J connectivity index is 1.97. The molecule has 1 atom stereocenters. The Labute approximate surface area is 101 Å². The molecule has 3 heteroatoms. The lowest BCUT2D eigenvalue weighted by atomic mass is 10.1. The lowest BCUT2D eigenvalue weighted by molar-refractivity contribution is 0.150. The summed E-state index contributed by atoms with van der Waals surface area (Å²) in [6.45, 7) is 2.97. The van der Waals surface area contributed by atoms with Crippen LogP contribution >= 0.6 is 0 Å². The highest BCUT2D eigenvalue weighted by Crippen LogP contribution is 2.34. The van der Waals surface area contributed by atoms with Gasteiger partial charge in [0.2, 0.25) is 0 Å². The summed E-state index contributed by atoms with van der Waals surface area (Å²) in [4.78, 5) is 0. The van der Waals surface area contributed by atoms with Crippen molar-refractivity contribution in [3.05, 3.63) is 30.0 Å². The summed E-state index contributed by atoms with van der Waals surface area (Å²) in [5, 5.41) is 15.8. The zero-order chi connectivity index (χ0) is 11.8. The number of hydrogen-bond acceptors (Lipinski definition) is 2. The summed E-state index contributed by atoms with van der Waals surface area (Å²) in [6.07, 6.45) is 2.83. The van der Waals surface area contributed by atoms with Crippen LogP contribution in [-0.2, 0) is 13.0 Å². The highest BCUT2D eigenvalue weighted by molar-refractivity contribution is 5.82. The smallest absolute Gasteiger partial charge is 0.0729 e. The van der Waals surface area contributed by atoms with Gasteiger partial charge in [0.15, 0.2) is 0 Å². The van der Waals surface area contributed by atoms with E-state index in [9.17, 15) is 5.11 Å². The van der Waals surface area contributed by atoms with E-state index in [1.165, 1.54) is 23.7 Å². The second-order valence-electron chi connectivity index (χ2n) is 4.89. The molecule has 1 aliphatic carbocycles. The number of aliphatic hydroxyl groups excluding tert-OH is 1. The van der Waals surface area contributed by atoms with Gasteiger partial charge in [0.1, 0.15) is 0 Å². The molecule has 17 heavy (non-hydrogen) atoms. The van der Waals surface area contributed by atoms with Crippen LogP contribution in [0.15, 0.2) is 24.3 Å². The summed E-state index contributed by atoms with van der Waals surface area (Å²) >= 11 is 0. The van der Waals surface area contributed by atoms with E-state index in [4.69, 9.17) is 0 Å². The third-order valence-corrected chi connectivity index (χ3v) is 3.60. The quantitative estimate of drug-likeness (QED) is 0.875. The minimum atomic E-state index is -0.210. The summed E-state index contributed by atoms with van der Waals surface area (Å²) in [6, 6.07) is 8.27. The van der Waals surface area contributed by atoms with Crippen LogP contribution in [0.1, 0.15) is 25.5 Å². The van der Waals surface area contributed by atoms with Gasteiger partial charge in [-0.15, -0.1) is 0 Å². The van der Waals surface area contributed by atoms with Crippen molar-refractivity contribution in [1.82, 2.24) is 9.78 Å². The number of aryl methyl sites for hydroxylation is 1. The molecule has 1 aliphatic rings. The average Bonchev–Trinajstić information content (AvgIpc) is 3.14. The van der Waals surface area contributed by atoms with E-state index in [1.807, 2.05) is 16.8 Å². The summed E-state index contributed by atoms with van der Waals surface area (Å²) in [5.74, 6) is 0.514. The number of aromatic nitrogens is 2. The topological polar surface area (TPSA) is 38.0 Å². The summed E-state index contributed by atoms with van der Waals surface area (Å²) in [5.41, 5.74) is 2.22. The van der Waals surface area contributed by atoms with Crippen molar-refractivity contribution in [3.8, 4) is 0 Å². The highest BCUT2D eigenvalue weighted by Gasteiger charge is 2.30. The van der Waals surface area contributed by atoms with E-state index >= 15 is 0 Å². The van der Waals surface area contributed by atoms with E-state index < -0.39 is 0 Å². The lowest BCUT2D eigenvalue weighted by Crippen LogP contribution is -2.13. The molecule has 90 valence electrons. The molecule has 0 spiro atoms. The molecule has 1 N–H and O–H groups in total. The second-order valence-corrected chi connectivity index (χ2v) is 4.89. The van der Waals surface area contributed by atoms with Gasteiger partial charge in [0.25, 0.3) is 0 Å². The molecule has 3 nitrogen and oxygen atoms in total. The third kappa shape index (κ3) is 1.95. The molecular weight excluding hydrogens is 212 g/mol. The van der Waals surface area contributed by atoms with E-state index in [0.29, 0.717) is 12.3 Å². The van der Waals surface area contributed by atoms with Gasteiger partial charge in [-0.2, -0.15) is 5.10 Å². The minimum absolute atomic E-state index is 0.210. The first-order chi connectivity index (χ1) is 8.29. The van der Waals surface area contributed by atoms with Crippen molar-refractivity contribution in [1.29, 1.82) is 0 Å². The van der Waals surface area contributed by atoms with E-state index in [0.717, 1.165) is 12.2 Å². The maximum atomic E-state index is 10.0. The standard InChI is InChI=1S/C14H18N2O/c1-2-16-13-6-4-3-5-11(13)12(15-16)9-14(17)10-7-8-10/h3-6,10,14,17H,2,7-9H2,1H3. The Bertz CT molecular complexity index is 528. The fourth-order valence-corrected chi connectivity index (χ4v) is 2.43. The number of hydrogen-bond donors (Lipinski definition) is 1. The van der Waals surface area contributed by atoms with Crippen molar-refractivity contribution < 1.29 is 5.11 Å². The molecule has 1 saturated carbocycles. The molecule has 1 aromatic heterocycles. The van der Waals surface area contributed by atoms with Gasteiger partial charge in [-0.25, -0.2) is 0 Å². The second kappa shape index (κ2) is 4.15. The van der Waals surface area contributed by atoms with Crippen LogP contribution in [0.3, 0.4) is 0 Å². The first kappa shape index (κ1) is 10.8. The first-order valence-corrected chi connectivity index (χ1v) is 6.42. The van der Waals surface area contributed by atoms with Crippen LogP contribution in [0.2, 0.25) is 0 Å². The zero-order valence-electron chi connectivity index (χ0n) is 10.1. The third-order valence-electron chi connectivity index (χ3n) is 3.60. The van der Waals surface area contributed by atoms with Crippen LogP contribution in [-0.4, -0.2) is 21.0 Å². The molecule has 0 bridgehead atoms. The fourth-order valence-electron chi connectivity index (χ4n) is 2.43. The number of para-hydroxylation sites is 1. The Morgan fingerprint density at radius 2 is 2.18 bits per heavy atom. The van der Waals surface area contributed by atoms with E-state index in [-0.39, 0.29) is 6.10 Å². The minimum Gasteiger partial charge on any atom is -0.392 e. The molecule has 1 unspecified atom stereocenters.